The number of halogens is 3. The smallest absolute Gasteiger partial charge is 0.266 e. The fraction of sp³-hybridized carbons (Fsp3) is 0.222. The largest absolute Gasteiger partial charge is 0.487 e. The van der Waals surface area contributed by atoms with Crippen molar-refractivity contribution in [1.29, 1.82) is 0 Å². The highest BCUT2D eigenvalue weighted by molar-refractivity contribution is 9.10. The topological polar surface area (TPSA) is 71.2 Å². The van der Waals surface area contributed by atoms with E-state index in [2.05, 4.69) is 26.2 Å². The number of aryl methyl sites for hydroxylation is 1. The monoisotopic (exact) mass is 426 g/mol. The number of allylic oxidation sites excluding steroid dienone is 1. The lowest BCUT2D eigenvalue weighted by molar-refractivity contribution is -0.116. The van der Waals surface area contributed by atoms with Crippen LogP contribution in [0.3, 0.4) is 0 Å². The molecule has 0 atom stereocenters. The summed E-state index contributed by atoms with van der Waals surface area (Å²) in [4.78, 5) is 26.0. The van der Waals surface area contributed by atoms with Gasteiger partial charge in [-0.05, 0) is 47.5 Å². The number of aromatic nitrogens is 1. The van der Waals surface area contributed by atoms with Crippen LogP contribution in [-0.4, -0.2) is 17.9 Å². The minimum absolute atomic E-state index is 0.156. The Hall–Kier alpha value is -2.48. The third kappa shape index (κ3) is 4.78. The van der Waals surface area contributed by atoms with Gasteiger partial charge in [0.05, 0.1) is 0 Å². The maximum Gasteiger partial charge on any atom is 0.266 e. The number of hydrogen-bond acceptors (Lipinski definition) is 3. The number of nitrogens with one attached hydrogen (secondary N) is 2. The number of likely N-dealkylation sites (N-methyl/N-ethyl adjacent to an activating group) is 1. The van der Waals surface area contributed by atoms with E-state index in [0.29, 0.717) is 17.7 Å². The van der Waals surface area contributed by atoms with Crippen molar-refractivity contribution in [3.8, 4) is 5.75 Å². The molecule has 0 aliphatic rings. The summed E-state index contributed by atoms with van der Waals surface area (Å²) >= 11 is 3.18. The molecule has 0 bridgehead atoms. The van der Waals surface area contributed by atoms with Gasteiger partial charge < -0.3 is 15.0 Å². The fourth-order valence-corrected chi connectivity index (χ4v) is 2.71. The first kappa shape index (κ1) is 19.8. The summed E-state index contributed by atoms with van der Waals surface area (Å²) in [6.07, 6.45) is 3.30. The molecule has 0 saturated heterocycles. The Labute approximate surface area is 157 Å². The van der Waals surface area contributed by atoms with Crippen molar-refractivity contribution < 1.29 is 18.3 Å². The molecule has 0 unspecified atom stereocenters. The van der Waals surface area contributed by atoms with Crippen molar-refractivity contribution in [2.24, 2.45) is 0 Å². The van der Waals surface area contributed by atoms with Gasteiger partial charge in [-0.3, -0.25) is 9.59 Å². The van der Waals surface area contributed by atoms with Crippen molar-refractivity contribution >= 4 is 21.8 Å². The van der Waals surface area contributed by atoms with Crippen molar-refractivity contribution in [3.05, 3.63) is 73.6 Å². The van der Waals surface area contributed by atoms with Crippen LogP contribution in [-0.2, 0) is 17.8 Å². The molecule has 2 rings (SSSR count). The van der Waals surface area contributed by atoms with Gasteiger partial charge in [0.25, 0.3) is 5.56 Å². The first-order valence-corrected chi connectivity index (χ1v) is 8.49. The predicted octanol–water partition coefficient (Wildman–Crippen LogP) is 3.15. The van der Waals surface area contributed by atoms with Gasteiger partial charge in [-0.15, -0.1) is 0 Å². The van der Waals surface area contributed by atoms with E-state index in [0.717, 1.165) is 12.1 Å². The van der Waals surface area contributed by atoms with Crippen LogP contribution in [0.1, 0.15) is 16.8 Å². The SMILES string of the molecule is CNC(=O)/C=C/Cc1c(C)[nH]c(=O)c(Br)c1OCc1ccc(F)cc1F. The number of ether oxygens (including phenoxy) is 1. The van der Waals surface area contributed by atoms with E-state index in [1.54, 1.807) is 13.0 Å². The normalized spacial score (nSPS) is 11.0. The van der Waals surface area contributed by atoms with Crippen molar-refractivity contribution in [1.82, 2.24) is 10.3 Å². The Morgan fingerprint density at radius 1 is 1.38 bits per heavy atom. The van der Waals surface area contributed by atoms with Crippen LogP contribution in [0.5, 0.6) is 5.75 Å². The Kier molecular flexibility index (Phi) is 6.68. The molecule has 0 fully saturated rings. The third-order valence-electron chi connectivity index (χ3n) is 3.65. The molecule has 0 radical (unpaired) electrons. The van der Waals surface area contributed by atoms with Gasteiger partial charge in [-0.2, -0.15) is 0 Å². The standard InChI is InChI=1S/C18H17BrF2N2O3/c1-10-13(4-3-5-15(24)22-2)17(16(19)18(25)23-10)26-9-11-6-7-12(20)8-14(11)21/h3,5-8H,4,9H2,1-2H3,(H,22,24)(H,23,25)/b5-3+. The molecular weight excluding hydrogens is 410 g/mol. The number of amides is 1. The molecule has 8 heteroatoms. The molecule has 1 amide bonds. The Morgan fingerprint density at radius 2 is 2.12 bits per heavy atom. The minimum Gasteiger partial charge on any atom is -0.487 e. The number of aromatic amines is 1. The number of hydrogen-bond donors (Lipinski definition) is 2. The lowest BCUT2D eigenvalue weighted by Gasteiger charge is -2.15. The van der Waals surface area contributed by atoms with E-state index in [1.165, 1.54) is 19.2 Å². The molecule has 0 aliphatic heterocycles. The first-order valence-electron chi connectivity index (χ1n) is 7.69. The van der Waals surface area contributed by atoms with E-state index in [9.17, 15) is 18.4 Å². The van der Waals surface area contributed by atoms with Gasteiger partial charge in [0.2, 0.25) is 5.91 Å². The molecule has 1 aromatic heterocycles. The summed E-state index contributed by atoms with van der Waals surface area (Å²) in [5.74, 6) is -1.43. The van der Waals surface area contributed by atoms with Crippen molar-refractivity contribution in [2.45, 2.75) is 20.0 Å². The van der Waals surface area contributed by atoms with Crippen LogP contribution in [0.15, 0.2) is 39.6 Å². The fourth-order valence-electron chi connectivity index (χ4n) is 2.26. The van der Waals surface area contributed by atoms with Gasteiger partial charge in [0, 0.05) is 29.9 Å². The maximum atomic E-state index is 13.8. The highest BCUT2D eigenvalue weighted by Crippen LogP contribution is 2.29. The zero-order valence-electron chi connectivity index (χ0n) is 14.2. The van der Waals surface area contributed by atoms with Crippen molar-refractivity contribution in [3.63, 3.8) is 0 Å². The quantitative estimate of drug-likeness (QED) is 0.696. The van der Waals surface area contributed by atoms with E-state index in [4.69, 9.17) is 4.74 Å². The summed E-state index contributed by atoms with van der Waals surface area (Å²) in [5.41, 5.74) is 0.965. The van der Waals surface area contributed by atoms with Crippen LogP contribution in [0.2, 0.25) is 0 Å². The first-order chi connectivity index (χ1) is 12.3. The van der Waals surface area contributed by atoms with E-state index < -0.39 is 17.2 Å². The number of carbonyl (C=O) groups is 1. The van der Waals surface area contributed by atoms with Gasteiger partial charge >= 0.3 is 0 Å². The van der Waals surface area contributed by atoms with Gasteiger partial charge in [-0.1, -0.05) is 6.08 Å². The van der Waals surface area contributed by atoms with Gasteiger partial charge in [0.15, 0.2) is 0 Å². The zero-order valence-corrected chi connectivity index (χ0v) is 15.7. The van der Waals surface area contributed by atoms with Gasteiger partial charge in [0.1, 0.15) is 28.5 Å². The molecule has 0 saturated carbocycles. The molecular formula is C18H17BrF2N2O3. The van der Waals surface area contributed by atoms with Crippen LogP contribution in [0, 0.1) is 18.6 Å². The molecule has 138 valence electrons. The lowest BCUT2D eigenvalue weighted by atomic mass is 10.1. The molecule has 26 heavy (non-hydrogen) atoms. The summed E-state index contributed by atoms with van der Waals surface area (Å²) < 4.78 is 32.6. The summed E-state index contributed by atoms with van der Waals surface area (Å²) in [7, 11) is 1.51. The average molecular weight is 427 g/mol. The molecule has 2 aromatic rings. The zero-order chi connectivity index (χ0) is 19.3. The van der Waals surface area contributed by atoms with Crippen LogP contribution < -0.4 is 15.6 Å². The molecule has 1 aromatic carbocycles. The predicted molar refractivity (Wildman–Crippen MR) is 97.1 cm³/mol. The Morgan fingerprint density at radius 3 is 2.77 bits per heavy atom. The number of benzene rings is 1. The second kappa shape index (κ2) is 8.75. The molecule has 2 N–H and O–H groups in total. The maximum absolute atomic E-state index is 13.8. The van der Waals surface area contributed by atoms with Crippen LogP contribution in [0.4, 0.5) is 8.78 Å². The molecule has 0 spiro atoms. The number of carbonyl (C=O) groups excluding carboxylic acids is 1. The highest BCUT2D eigenvalue weighted by Gasteiger charge is 2.16. The molecule has 0 aliphatic carbocycles. The van der Waals surface area contributed by atoms with E-state index >= 15 is 0 Å². The van der Waals surface area contributed by atoms with Gasteiger partial charge in [-0.25, -0.2) is 8.78 Å². The Balaban J connectivity index is 2.31. The number of H-pyrrole nitrogens is 1. The summed E-state index contributed by atoms with van der Waals surface area (Å²) in [5, 5.41) is 2.46. The third-order valence-corrected chi connectivity index (χ3v) is 4.37. The van der Waals surface area contributed by atoms with Crippen molar-refractivity contribution in [2.75, 3.05) is 7.05 Å². The van der Waals surface area contributed by atoms with Crippen LogP contribution in [0.25, 0.3) is 0 Å². The molecule has 5 nitrogen and oxygen atoms in total. The number of rotatable bonds is 6. The summed E-state index contributed by atoms with van der Waals surface area (Å²) in [6, 6.07) is 3.18. The number of pyridine rings is 1. The summed E-state index contributed by atoms with van der Waals surface area (Å²) in [6.45, 7) is 1.52. The molecule has 1 heterocycles. The second-order valence-corrected chi connectivity index (χ2v) is 6.24. The van der Waals surface area contributed by atoms with E-state index in [1.807, 2.05) is 0 Å². The lowest BCUT2D eigenvalue weighted by Crippen LogP contribution is -2.15. The van der Waals surface area contributed by atoms with E-state index in [-0.39, 0.29) is 28.3 Å². The average Bonchev–Trinajstić information content (AvgIpc) is 2.59. The highest BCUT2D eigenvalue weighted by atomic mass is 79.9. The van der Waals surface area contributed by atoms with Crippen LogP contribution >= 0.6 is 15.9 Å². The Bertz CT molecular complexity index is 910. The minimum atomic E-state index is -0.733. The second-order valence-electron chi connectivity index (χ2n) is 5.45.